The molecule has 3 rings (SSSR count). The highest BCUT2D eigenvalue weighted by atomic mass is 16.6. The minimum absolute atomic E-state index is 0.358. The van der Waals surface area contributed by atoms with Crippen molar-refractivity contribution in [3.63, 3.8) is 0 Å². The zero-order valence-corrected chi connectivity index (χ0v) is 9.55. The SMILES string of the molecule is C=Cc1oc(=O)oc1-c1cccc2ccccc12. The van der Waals surface area contributed by atoms with Crippen LogP contribution >= 0.6 is 0 Å². The largest absolute Gasteiger partial charge is 0.519 e. The van der Waals surface area contributed by atoms with Crippen molar-refractivity contribution in [2.24, 2.45) is 0 Å². The lowest BCUT2D eigenvalue weighted by molar-refractivity contribution is 0.387. The van der Waals surface area contributed by atoms with Gasteiger partial charge in [0.2, 0.25) is 0 Å². The fraction of sp³-hybridized carbons (Fsp3) is 0. The fourth-order valence-corrected chi connectivity index (χ4v) is 2.04. The molecular formula is C15H10O3. The van der Waals surface area contributed by atoms with Gasteiger partial charge in [0.25, 0.3) is 0 Å². The summed E-state index contributed by atoms with van der Waals surface area (Å²) in [6, 6.07) is 13.7. The van der Waals surface area contributed by atoms with Gasteiger partial charge in [0, 0.05) is 5.56 Å². The van der Waals surface area contributed by atoms with E-state index in [4.69, 9.17) is 8.83 Å². The lowest BCUT2D eigenvalue weighted by Crippen LogP contribution is -1.85. The van der Waals surface area contributed by atoms with Gasteiger partial charge in [-0.05, 0) is 16.8 Å². The van der Waals surface area contributed by atoms with Crippen LogP contribution in [0, 0.1) is 0 Å². The second-order valence-corrected chi connectivity index (χ2v) is 3.88. The maximum atomic E-state index is 11.2. The minimum Gasteiger partial charge on any atom is -0.391 e. The molecule has 0 radical (unpaired) electrons. The molecule has 0 aliphatic rings. The van der Waals surface area contributed by atoms with Gasteiger partial charge in [-0.1, -0.05) is 49.0 Å². The average Bonchev–Trinajstić information content (AvgIpc) is 2.79. The molecule has 0 aliphatic carbocycles. The van der Waals surface area contributed by atoms with Crippen LogP contribution in [0.3, 0.4) is 0 Å². The Morgan fingerprint density at radius 2 is 1.78 bits per heavy atom. The first-order chi connectivity index (χ1) is 8.79. The second kappa shape index (κ2) is 4.04. The first-order valence-electron chi connectivity index (χ1n) is 5.54. The van der Waals surface area contributed by atoms with Crippen LogP contribution in [0.15, 0.2) is 62.7 Å². The standard InChI is InChI=1S/C15H10O3/c1-2-13-14(18-15(16)17-13)12-9-5-7-10-6-3-4-8-11(10)12/h2-9H,1H2. The third-order valence-electron chi connectivity index (χ3n) is 2.82. The third-order valence-corrected chi connectivity index (χ3v) is 2.82. The molecule has 2 aromatic carbocycles. The van der Waals surface area contributed by atoms with E-state index >= 15 is 0 Å². The van der Waals surface area contributed by atoms with Crippen molar-refractivity contribution in [2.45, 2.75) is 0 Å². The summed E-state index contributed by atoms with van der Waals surface area (Å²) < 4.78 is 10.0. The molecule has 3 heteroatoms. The molecule has 0 spiro atoms. The van der Waals surface area contributed by atoms with Gasteiger partial charge in [-0.25, -0.2) is 4.79 Å². The zero-order valence-electron chi connectivity index (χ0n) is 9.55. The first kappa shape index (κ1) is 10.6. The second-order valence-electron chi connectivity index (χ2n) is 3.88. The topological polar surface area (TPSA) is 43.4 Å². The summed E-state index contributed by atoms with van der Waals surface area (Å²) in [5.41, 5.74) is 0.828. The van der Waals surface area contributed by atoms with E-state index in [-0.39, 0.29) is 0 Å². The predicted molar refractivity (Wildman–Crippen MR) is 70.3 cm³/mol. The van der Waals surface area contributed by atoms with Gasteiger partial charge in [0.1, 0.15) is 0 Å². The molecule has 0 N–H and O–H groups in total. The van der Waals surface area contributed by atoms with Crippen LogP contribution in [0.5, 0.6) is 0 Å². The van der Waals surface area contributed by atoms with Gasteiger partial charge in [0.15, 0.2) is 11.5 Å². The quantitative estimate of drug-likeness (QED) is 0.683. The van der Waals surface area contributed by atoms with Gasteiger partial charge in [-0.3, -0.25) is 0 Å². The molecule has 0 bridgehead atoms. The number of benzene rings is 2. The molecule has 3 nitrogen and oxygen atoms in total. The number of hydrogen-bond acceptors (Lipinski definition) is 3. The Hall–Kier alpha value is -2.55. The molecule has 0 aliphatic heterocycles. The van der Waals surface area contributed by atoms with Crippen molar-refractivity contribution >= 4 is 16.8 Å². The smallest absolute Gasteiger partial charge is 0.391 e. The molecule has 0 unspecified atom stereocenters. The van der Waals surface area contributed by atoms with E-state index in [0.29, 0.717) is 11.5 Å². The van der Waals surface area contributed by atoms with Gasteiger partial charge in [-0.2, -0.15) is 0 Å². The number of hydrogen-bond donors (Lipinski definition) is 0. The van der Waals surface area contributed by atoms with Crippen molar-refractivity contribution in [2.75, 3.05) is 0 Å². The van der Waals surface area contributed by atoms with E-state index in [9.17, 15) is 4.79 Å². The molecule has 0 amide bonds. The van der Waals surface area contributed by atoms with Crippen LogP contribution in [0.1, 0.15) is 5.76 Å². The first-order valence-corrected chi connectivity index (χ1v) is 5.54. The van der Waals surface area contributed by atoms with Crippen LogP contribution in [0.4, 0.5) is 0 Å². The molecule has 0 saturated heterocycles. The minimum atomic E-state index is -0.715. The van der Waals surface area contributed by atoms with E-state index in [2.05, 4.69) is 6.58 Å². The molecule has 3 aromatic rings. The van der Waals surface area contributed by atoms with Crippen LogP contribution in [-0.4, -0.2) is 0 Å². The highest BCUT2D eigenvalue weighted by molar-refractivity contribution is 5.96. The monoisotopic (exact) mass is 238 g/mol. The predicted octanol–water partition coefficient (Wildman–Crippen LogP) is 3.70. The maximum Gasteiger partial charge on any atom is 0.519 e. The summed E-state index contributed by atoms with van der Waals surface area (Å²) in [4.78, 5) is 11.2. The van der Waals surface area contributed by atoms with Gasteiger partial charge in [-0.15, -0.1) is 0 Å². The van der Waals surface area contributed by atoms with E-state index in [1.54, 1.807) is 0 Å². The third kappa shape index (κ3) is 1.57. The van der Waals surface area contributed by atoms with Crippen LogP contribution in [-0.2, 0) is 0 Å². The van der Waals surface area contributed by atoms with Gasteiger partial charge in [0.05, 0.1) is 0 Å². The van der Waals surface area contributed by atoms with Crippen LogP contribution < -0.4 is 5.82 Å². The summed E-state index contributed by atoms with van der Waals surface area (Å²) in [6.45, 7) is 3.62. The Labute approximate surface area is 103 Å². The lowest BCUT2D eigenvalue weighted by atomic mass is 10.0. The summed E-state index contributed by atoms with van der Waals surface area (Å²) in [7, 11) is 0. The molecule has 18 heavy (non-hydrogen) atoms. The molecule has 0 atom stereocenters. The fourth-order valence-electron chi connectivity index (χ4n) is 2.04. The van der Waals surface area contributed by atoms with Gasteiger partial charge >= 0.3 is 5.82 Å². The van der Waals surface area contributed by atoms with Gasteiger partial charge < -0.3 is 8.83 Å². The zero-order chi connectivity index (χ0) is 12.5. The van der Waals surface area contributed by atoms with E-state index in [0.717, 1.165) is 16.3 Å². The Bertz CT molecular complexity index is 772. The molecule has 0 saturated carbocycles. The average molecular weight is 238 g/mol. The maximum absolute atomic E-state index is 11.2. The van der Waals surface area contributed by atoms with Crippen LogP contribution in [0.2, 0.25) is 0 Å². The van der Waals surface area contributed by atoms with Crippen LogP contribution in [0.25, 0.3) is 28.2 Å². The van der Waals surface area contributed by atoms with Crippen molar-refractivity contribution in [3.8, 4) is 11.3 Å². The summed E-state index contributed by atoms with van der Waals surface area (Å²) >= 11 is 0. The van der Waals surface area contributed by atoms with E-state index in [1.807, 2.05) is 42.5 Å². The van der Waals surface area contributed by atoms with Crippen molar-refractivity contribution in [1.82, 2.24) is 0 Å². The normalized spacial score (nSPS) is 10.7. The molecular weight excluding hydrogens is 228 g/mol. The Morgan fingerprint density at radius 1 is 1.00 bits per heavy atom. The molecule has 88 valence electrons. The molecule has 0 fully saturated rings. The number of rotatable bonds is 2. The molecule has 1 aromatic heterocycles. The van der Waals surface area contributed by atoms with E-state index in [1.165, 1.54) is 6.08 Å². The molecule has 1 heterocycles. The van der Waals surface area contributed by atoms with Crippen molar-refractivity contribution in [3.05, 3.63) is 65.4 Å². The summed E-state index contributed by atoms with van der Waals surface area (Å²) in [6.07, 6.45) is 1.47. The van der Waals surface area contributed by atoms with E-state index < -0.39 is 5.82 Å². The Balaban J connectivity index is 2.38. The summed E-state index contributed by atoms with van der Waals surface area (Å²) in [5, 5.41) is 2.08. The Morgan fingerprint density at radius 3 is 2.61 bits per heavy atom. The Kier molecular flexibility index (Phi) is 2.38. The van der Waals surface area contributed by atoms with Crippen molar-refractivity contribution < 1.29 is 8.83 Å². The number of fused-ring (bicyclic) bond motifs is 1. The highest BCUT2D eigenvalue weighted by Gasteiger charge is 2.14. The highest BCUT2D eigenvalue weighted by Crippen LogP contribution is 2.30. The lowest BCUT2D eigenvalue weighted by Gasteiger charge is -2.03. The summed E-state index contributed by atoms with van der Waals surface area (Å²) in [5.74, 6) is 0.0657. The van der Waals surface area contributed by atoms with Crippen molar-refractivity contribution in [1.29, 1.82) is 0 Å².